The predicted molar refractivity (Wildman–Crippen MR) is 68.5 cm³/mol. The van der Waals surface area contributed by atoms with E-state index in [0.29, 0.717) is 0 Å². The molecule has 1 aliphatic heterocycles. The summed E-state index contributed by atoms with van der Waals surface area (Å²) in [6.45, 7) is 9.87. The van der Waals surface area contributed by atoms with Gasteiger partial charge in [-0.2, -0.15) is 0 Å². The molecule has 0 radical (unpaired) electrons. The van der Waals surface area contributed by atoms with E-state index in [-0.39, 0.29) is 0 Å². The second-order valence-corrected chi connectivity index (χ2v) is 3.44. The van der Waals surface area contributed by atoms with Crippen LogP contribution >= 0.6 is 0 Å². The molecule has 0 unspecified atom stereocenters. The molecule has 0 aromatic heterocycles. The molecule has 0 spiro atoms. The van der Waals surface area contributed by atoms with Crippen LogP contribution in [0, 0.1) is 6.92 Å². The van der Waals surface area contributed by atoms with Crippen LogP contribution in [0.5, 0.6) is 0 Å². The van der Waals surface area contributed by atoms with Crippen LogP contribution in [-0.2, 0) is 14.3 Å². The lowest BCUT2D eigenvalue weighted by molar-refractivity contribution is -0.0987. The molecule has 0 atom stereocenters. The molecular weight excluding hydrogens is 218 g/mol. The Kier molecular flexibility index (Phi) is 8.60. The van der Waals surface area contributed by atoms with E-state index in [1.807, 2.05) is 13.6 Å². The van der Waals surface area contributed by atoms with E-state index in [2.05, 4.69) is 36.1 Å². The SMILES string of the molecule is C=O.C=O.Cc1cccc(N2CCOCC2)c1. The van der Waals surface area contributed by atoms with Gasteiger partial charge in [0.25, 0.3) is 0 Å². The maximum Gasteiger partial charge on any atom is 0.106 e. The number of ether oxygens (including phenoxy) is 1. The highest BCUT2D eigenvalue weighted by molar-refractivity contribution is 5.48. The maximum absolute atomic E-state index is 8.00. The smallest absolute Gasteiger partial charge is 0.106 e. The van der Waals surface area contributed by atoms with E-state index >= 15 is 0 Å². The van der Waals surface area contributed by atoms with Crippen molar-refractivity contribution in [3.8, 4) is 0 Å². The Balaban J connectivity index is 0.000000581. The minimum Gasteiger partial charge on any atom is -0.378 e. The van der Waals surface area contributed by atoms with Gasteiger partial charge >= 0.3 is 0 Å². The zero-order valence-electron chi connectivity index (χ0n) is 10.2. The number of hydrogen-bond donors (Lipinski definition) is 0. The molecule has 1 aliphatic rings. The van der Waals surface area contributed by atoms with Gasteiger partial charge in [0.1, 0.15) is 13.6 Å². The molecule has 1 heterocycles. The molecule has 4 nitrogen and oxygen atoms in total. The Labute approximate surface area is 102 Å². The van der Waals surface area contributed by atoms with Crippen molar-refractivity contribution in [2.45, 2.75) is 6.92 Å². The molecule has 2 rings (SSSR count). The second kappa shape index (κ2) is 9.54. The van der Waals surface area contributed by atoms with E-state index in [0.717, 1.165) is 26.3 Å². The molecule has 17 heavy (non-hydrogen) atoms. The molecule has 1 aromatic rings. The van der Waals surface area contributed by atoms with Crippen molar-refractivity contribution in [1.29, 1.82) is 0 Å². The van der Waals surface area contributed by atoms with Gasteiger partial charge in [0, 0.05) is 18.8 Å². The van der Waals surface area contributed by atoms with Crippen LogP contribution in [0.4, 0.5) is 5.69 Å². The van der Waals surface area contributed by atoms with Crippen LogP contribution < -0.4 is 4.90 Å². The lowest BCUT2D eigenvalue weighted by atomic mass is 10.2. The van der Waals surface area contributed by atoms with Crippen LogP contribution in [0.25, 0.3) is 0 Å². The van der Waals surface area contributed by atoms with Gasteiger partial charge in [0.15, 0.2) is 0 Å². The summed E-state index contributed by atoms with van der Waals surface area (Å²) in [4.78, 5) is 18.4. The lowest BCUT2D eigenvalue weighted by Crippen LogP contribution is -2.36. The highest BCUT2D eigenvalue weighted by Gasteiger charge is 2.10. The molecular formula is C13H19NO3. The third-order valence-electron chi connectivity index (χ3n) is 2.38. The Morgan fingerprint density at radius 2 is 1.71 bits per heavy atom. The van der Waals surface area contributed by atoms with Crippen molar-refractivity contribution in [2.24, 2.45) is 0 Å². The zero-order valence-corrected chi connectivity index (χ0v) is 10.2. The molecule has 94 valence electrons. The van der Waals surface area contributed by atoms with Gasteiger partial charge in [0.2, 0.25) is 0 Å². The van der Waals surface area contributed by atoms with E-state index in [4.69, 9.17) is 14.3 Å². The maximum atomic E-state index is 8.00. The van der Waals surface area contributed by atoms with E-state index in [9.17, 15) is 0 Å². The van der Waals surface area contributed by atoms with Crippen molar-refractivity contribution >= 4 is 19.3 Å². The average molecular weight is 237 g/mol. The highest BCUT2D eigenvalue weighted by atomic mass is 16.5. The first-order valence-electron chi connectivity index (χ1n) is 5.33. The van der Waals surface area contributed by atoms with Crippen LogP contribution in [0.1, 0.15) is 5.56 Å². The molecule has 0 saturated carbocycles. The quantitative estimate of drug-likeness (QED) is 0.742. The summed E-state index contributed by atoms with van der Waals surface area (Å²) in [7, 11) is 0. The minimum absolute atomic E-state index is 0.855. The molecule has 4 heteroatoms. The summed E-state index contributed by atoms with van der Waals surface area (Å²) in [6, 6.07) is 8.63. The van der Waals surface area contributed by atoms with Crippen LogP contribution in [-0.4, -0.2) is 39.9 Å². The van der Waals surface area contributed by atoms with Crippen LogP contribution in [0.15, 0.2) is 24.3 Å². The van der Waals surface area contributed by atoms with Crippen molar-refractivity contribution in [1.82, 2.24) is 0 Å². The fourth-order valence-corrected chi connectivity index (χ4v) is 1.65. The van der Waals surface area contributed by atoms with Crippen molar-refractivity contribution in [2.75, 3.05) is 31.2 Å². The standard InChI is InChI=1S/C11H15NO.2CH2O/c1-10-3-2-4-11(9-10)12-5-7-13-8-6-12;2*1-2/h2-4,9H,5-8H2,1H3;2*1H2. The first-order chi connectivity index (χ1) is 8.36. The second-order valence-electron chi connectivity index (χ2n) is 3.44. The molecule has 0 aliphatic carbocycles. The Morgan fingerprint density at radius 1 is 1.12 bits per heavy atom. The largest absolute Gasteiger partial charge is 0.378 e. The number of morpholine rings is 1. The molecule has 1 aromatic carbocycles. The van der Waals surface area contributed by atoms with Crippen LogP contribution in [0.2, 0.25) is 0 Å². The van der Waals surface area contributed by atoms with E-state index < -0.39 is 0 Å². The first kappa shape index (κ1) is 15.3. The summed E-state index contributed by atoms with van der Waals surface area (Å²) in [6.07, 6.45) is 0. The van der Waals surface area contributed by atoms with Crippen molar-refractivity contribution < 1.29 is 14.3 Å². The number of nitrogens with zero attached hydrogens (tertiary/aromatic N) is 1. The van der Waals surface area contributed by atoms with Gasteiger partial charge in [-0.1, -0.05) is 12.1 Å². The summed E-state index contributed by atoms with van der Waals surface area (Å²) >= 11 is 0. The zero-order chi connectivity index (χ0) is 13.1. The normalized spacial score (nSPS) is 13.8. The number of benzene rings is 1. The number of rotatable bonds is 1. The number of carbonyl (C=O) groups excluding carboxylic acids is 2. The fraction of sp³-hybridized carbons (Fsp3) is 0.385. The number of carbonyl (C=O) groups is 2. The van der Waals surface area contributed by atoms with Gasteiger partial charge in [-0.15, -0.1) is 0 Å². The summed E-state index contributed by atoms with van der Waals surface area (Å²) in [5.41, 5.74) is 2.65. The number of anilines is 1. The van der Waals surface area contributed by atoms with Gasteiger partial charge < -0.3 is 19.2 Å². The predicted octanol–water partition coefficient (Wildman–Crippen LogP) is 1.46. The van der Waals surface area contributed by atoms with Crippen LogP contribution in [0.3, 0.4) is 0 Å². The first-order valence-corrected chi connectivity index (χ1v) is 5.33. The third kappa shape index (κ3) is 5.26. The number of hydrogen-bond acceptors (Lipinski definition) is 4. The Morgan fingerprint density at radius 3 is 2.24 bits per heavy atom. The summed E-state index contributed by atoms with van der Waals surface area (Å²) < 4.78 is 5.31. The Bertz CT molecular complexity index is 309. The van der Waals surface area contributed by atoms with Gasteiger partial charge in [-0.3, -0.25) is 0 Å². The van der Waals surface area contributed by atoms with Gasteiger partial charge in [-0.05, 0) is 24.6 Å². The highest BCUT2D eigenvalue weighted by Crippen LogP contribution is 2.16. The molecule has 0 bridgehead atoms. The topological polar surface area (TPSA) is 46.6 Å². The average Bonchev–Trinajstić information content (AvgIpc) is 2.44. The lowest BCUT2D eigenvalue weighted by Gasteiger charge is -2.29. The molecule has 1 saturated heterocycles. The van der Waals surface area contributed by atoms with E-state index in [1.165, 1.54) is 11.3 Å². The van der Waals surface area contributed by atoms with Gasteiger partial charge in [0.05, 0.1) is 13.2 Å². The minimum atomic E-state index is 0.855. The molecule has 0 N–H and O–H groups in total. The molecule has 0 amide bonds. The van der Waals surface area contributed by atoms with E-state index in [1.54, 1.807) is 0 Å². The number of aryl methyl sites for hydroxylation is 1. The Hall–Kier alpha value is -1.68. The van der Waals surface area contributed by atoms with Crippen molar-refractivity contribution in [3.05, 3.63) is 29.8 Å². The van der Waals surface area contributed by atoms with Gasteiger partial charge in [-0.25, -0.2) is 0 Å². The fourth-order valence-electron chi connectivity index (χ4n) is 1.65. The summed E-state index contributed by atoms with van der Waals surface area (Å²) in [5, 5.41) is 0. The molecule has 1 fully saturated rings. The third-order valence-corrected chi connectivity index (χ3v) is 2.38. The van der Waals surface area contributed by atoms with Crippen molar-refractivity contribution in [3.63, 3.8) is 0 Å². The monoisotopic (exact) mass is 237 g/mol. The summed E-state index contributed by atoms with van der Waals surface area (Å²) in [5.74, 6) is 0.